The van der Waals surface area contributed by atoms with Crippen molar-refractivity contribution in [2.24, 2.45) is 0 Å². The summed E-state index contributed by atoms with van der Waals surface area (Å²) >= 11 is 7.89. The summed E-state index contributed by atoms with van der Waals surface area (Å²) in [6.45, 7) is 4.41. The second-order valence-electron chi connectivity index (χ2n) is 6.30. The van der Waals surface area contributed by atoms with Crippen molar-refractivity contribution in [1.82, 2.24) is 9.80 Å². The molecule has 0 radical (unpaired) electrons. The number of piperazine rings is 1. The van der Waals surface area contributed by atoms with Crippen LogP contribution in [0.4, 0.5) is 0 Å². The van der Waals surface area contributed by atoms with E-state index >= 15 is 0 Å². The van der Waals surface area contributed by atoms with Crippen LogP contribution in [0.25, 0.3) is 6.08 Å². The van der Waals surface area contributed by atoms with Gasteiger partial charge in [-0.1, -0.05) is 11.6 Å². The predicted molar refractivity (Wildman–Crippen MR) is 103 cm³/mol. The topological polar surface area (TPSA) is 42.0 Å². The smallest absolute Gasteiger partial charge is 0.246 e. The Labute approximate surface area is 161 Å². The molecule has 136 valence electrons. The van der Waals surface area contributed by atoms with Crippen molar-refractivity contribution in [2.45, 2.75) is 6.54 Å². The van der Waals surface area contributed by atoms with Gasteiger partial charge in [0.15, 0.2) is 11.5 Å². The molecular weight excluding hydrogens is 372 g/mol. The van der Waals surface area contributed by atoms with Crippen molar-refractivity contribution in [1.29, 1.82) is 0 Å². The first-order valence-electron chi connectivity index (χ1n) is 8.48. The molecule has 1 aromatic heterocycles. The second kappa shape index (κ2) is 7.70. The van der Waals surface area contributed by atoms with Crippen molar-refractivity contribution >= 4 is 34.9 Å². The molecule has 0 saturated carbocycles. The van der Waals surface area contributed by atoms with Gasteiger partial charge >= 0.3 is 0 Å². The Kier molecular flexibility index (Phi) is 5.15. The summed E-state index contributed by atoms with van der Waals surface area (Å²) in [6.07, 6.45) is 3.37. The summed E-state index contributed by atoms with van der Waals surface area (Å²) in [5, 5.41) is 4.77. The van der Waals surface area contributed by atoms with E-state index in [0.29, 0.717) is 16.5 Å². The molecule has 0 bridgehead atoms. The van der Waals surface area contributed by atoms with E-state index in [1.54, 1.807) is 29.6 Å². The summed E-state index contributed by atoms with van der Waals surface area (Å²) in [5.41, 5.74) is 2.16. The molecule has 0 N–H and O–H groups in total. The van der Waals surface area contributed by atoms with Gasteiger partial charge in [0.2, 0.25) is 12.7 Å². The van der Waals surface area contributed by atoms with Crippen LogP contribution in [0.3, 0.4) is 0 Å². The number of nitrogens with zero attached hydrogens (tertiary/aromatic N) is 2. The number of halogens is 1. The van der Waals surface area contributed by atoms with Crippen LogP contribution in [0.15, 0.2) is 35.0 Å². The number of carbonyl (C=O) groups is 1. The molecule has 2 aliphatic heterocycles. The van der Waals surface area contributed by atoms with Gasteiger partial charge < -0.3 is 14.4 Å². The molecule has 2 aliphatic rings. The van der Waals surface area contributed by atoms with Crippen molar-refractivity contribution < 1.29 is 14.3 Å². The Morgan fingerprint density at radius 3 is 2.85 bits per heavy atom. The van der Waals surface area contributed by atoms with E-state index in [1.807, 2.05) is 11.0 Å². The molecule has 0 aliphatic carbocycles. The first-order chi connectivity index (χ1) is 12.7. The fourth-order valence-electron chi connectivity index (χ4n) is 3.12. The van der Waals surface area contributed by atoms with Crippen LogP contribution in [0.2, 0.25) is 5.02 Å². The third-order valence-corrected chi connectivity index (χ3v) is 5.55. The Balaban J connectivity index is 1.33. The lowest BCUT2D eigenvalue weighted by Crippen LogP contribution is -2.47. The van der Waals surface area contributed by atoms with Crippen molar-refractivity contribution in [3.63, 3.8) is 0 Å². The first kappa shape index (κ1) is 17.4. The van der Waals surface area contributed by atoms with Gasteiger partial charge in [0.25, 0.3) is 0 Å². The highest BCUT2D eigenvalue weighted by atomic mass is 35.5. The van der Waals surface area contributed by atoms with Crippen LogP contribution in [0.1, 0.15) is 11.1 Å². The average molecular weight is 391 g/mol. The summed E-state index contributed by atoms with van der Waals surface area (Å²) < 4.78 is 10.7. The lowest BCUT2D eigenvalue weighted by atomic mass is 10.2. The maximum Gasteiger partial charge on any atom is 0.246 e. The van der Waals surface area contributed by atoms with Gasteiger partial charge in [0.05, 0.1) is 5.02 Å². The SMILES string of the molecule is O=C(/C=C/c1cc(Cl)c2c(c1)OCO2)N1CCN(Cc2ccsc2)CC1. The Bertz CT molecular complexity index is 814. The van der Waals surface area contributed by atoms with E-state index in [9.17, 15) is 4.79 Å². The quantitative estimate of drug-likeness (QED) is 0.749. The number of rotatable bonds is 4. The van der Waals surface area contributed by atoms with Crippen molar-refractivity contribution in [3.8, 4) is 11.5 Å². The van der Waals surface area contributed by atoms with E-state index in [4.69, 9.17) is 21.1 Å². The molecule has 0 spiro atoms. The molecule has 2 aromatic rings. The van der Waals surface area contributed by atoms with Gasteiger partial charge in [-0.3, -0.25) is 9.69 Å². The van der Waals surface area contributed by atoms with Crippen LogP contribution in [0, 0.1) is 0 Å². The molecule has 0 unspecified atom stereocenters. The highest BCUT2D eigenvalue weighted by Gasteiger charge is 2.20. The number of hydrogen-bond donors (Lipinski definition) is 0. The van der Waals surface area contributed by atoms with Crippen molar-refractivity contribution in [3.05, 3.63) is 51.2 Å². The molecule has 7 heteroatoms. The zero-order valence-electron chi connectivity index (χ0n) is 14.2. The number of thiophene rings is 1. The predicted octanol–water partition coefficient (Wildman–Crippen LogP) is 3.49. The lowest BCUT2D eigenvalue weighted by molar-refractivity contribution is -0.127. The van der Waals surface area contributed by atoms with E-state index in [0.717, 1.165) is 38.3 Å². The van der Waals surface area contributed by atoms with Gasteiger partial charge in [-0.15, -0.1) is 0 Å². The summed E-state index contributed by atoms with van der Waals surface area (Å²) in [7, 11) is 0. The van der Waals surface area contributed by atoms with Gasteiger partial charge in [0.1, 0.15) is 0 Å². The number of amides is 1. The Morgan fingerprint density at radius 1 is 1.23 bits per heavy atom. The lowest BCUT2D eigenvalue weighted by Gasteiger charge is -2.34. The average Bonchev–Trinajstić information content (AvgIpc) is 3.32. The Morgan fingerprint density at radius 2 is 2.08 bits per heavy atom. The Hall–Kier alpha value is -2.02. The minimum absolute atomic E-state index is 0.0222. The third kappa shape index (κ3) is 3.87. The number of benzene rings is 1. The standard InChI is InChI=1S/C19H19ClN2O3S/c20-16-9-14(10-17-19(16)25-13-24-17)1-2-18(23)22-6-4-21(5-7-22)11-15-3-8-26-12-15/h1-3,8-10,12H,4-7,11,13H2/b2-1+. The molecule has 4 rings (SSSR count). The fourth-order valence-corrected chi connectivity index (χ4v) is 4.06. The molecule has 1 saturated heterocycles. The van der Waals surface area contributed by atoms with Gasteiger partial charge in [-0.05, 0) is 46.2 Å². The molecule has 3 heterocycles. The van der Waals surface area contributed by atoms with E-state index in [1.165, 1.54) is 5.56 Å². The van der Waals surface area contributed by atoms with Crippen LogP contribution in [-0.2, 0) is 11.3 Å². The van der Waals surface area contributed by atoms with Crippen molar-refractivity contribution in [2.75, 3.05) is 33.0 Å². The summed E-state index contributed by atoms with van der Waals surface area (Å²) in [4.78, 5) is 16.7. The maximum atomic E-state index is 12.4. The second-order valence-corrected chi connectivity index (χ2v) is 7.49. The molecule has 1 aromatic carbocycles. The molecular formula is C19H19ClN2O3S. The zero-order chi connectivity index (χ0) is 17.9. The largest absolute Gasteiger partial charge is 0.454 e. The normalized spacial score (nSPS) is 17.2. The third-order valence-electron chi connectivity index (χ3n) is 4.54. The monoisotopic (exact) mass is 390 g/mol. The van der Waals surface area contributed by atoms with E-state index < -0.39 is 0 Å². The number of carbonyl (C=O) groups excluding carboxylic acids is 1. The number of fused-ring (bicyclic) bond motifs is 1. The highest BCUT2D eigenvalue weighted by Crippen LogP contribution is 2.40. The van der Waals surface area contributed by atoms with Crippen LogP contribution >= 0.6 is 22.9 Å². The van der Waals surface area contributed by atoms with Crippen LogP contribution in [-0.4, -0.2) is 48.7 Å². The van der Waals surface area contributed by atoms with E-state index in [-0.39, 0.29) is 12.7 Å². The molecule has 1 amide bonds. The van der Waals surface area contributed by atoms with E-state index in [2.05, 4.69) is 21.7 Å². The maximum absolute atomic E-state index is 12.4. The highest BCUT2D eigenvalue weighted by molar-refractivity contribution is 7.07. The summed E-state index contributed by atoms with van der Waals surface area (Å²) in [5.74, 6) is 1.21. The van der Waals surface area contributed by atoms with Gasteiger partial charge in [-0.25, -0.2) is 0 Å². The number of hydrogen-bond acceptors (Lipinski definition) is 5. The minimum Gasteiger partial charge on any atom is -0.454 e. The molecule has 5 nitrogen and oxygen atoms in total. The molecule has 0 atom stereocenters. The van der Waals surface area contributed by atoms with Crippen LogP contribution in [0.5, 0.6) is 11.5 Å². The van der Waals surface area contributed by atoms with Crippen LogP contribution < -0.4 is 9.47 Å². The fraction of sp³-hybridized carbons (Fsp3) is 0.316. The minimum atomic E-state index is 0.0222. The van der Waals surface area contributed by atoms with Gasteiger partial charge in [0, 0.05) is 38.8 Å². The first-order valence-corrected chi connectivity index (χ1v) is 9.81. The summed E-state index contributed by atoms with van der Waals surface area (Å²) in [6, 6.07) is 5.76. The molecule has 26 heavy (non-hydrogen) atoms. The number of ether oxygens (including phenoxy) is 2. The van der Waals surface area contributed by atoms with Gasteiger partial charge in [-0.2, -0.15) is 11.3 Å². The molecule has 1 fully saturated rings. The zero-order valence-corrected chi connectivity index (χ0v) is 15.8.